The number of nitrogens with zero attached hydrogens (tertiary/aromatic N) is 3. The molecule has 2 aromatic rings. The summed E-state index contributed by atoms with van der Waals surface area (Å²) in [5, 5.41) is 12.6. The summed E-state index contributed by atoms with van der Waals surface area (Å²) < 4.78 is 7.00. The van der Waals surface area contributed by atoms with Crippen LogP contribution in [-0.2, 0) is 4.79 Å². The predicted octanol–water partition coefficient (Wildman–Crippen LogP) is 1.43. The zero-order valence-corrected chi connectivity index (χ0v) is 9.91. The number of carboxylic acid groups (broad SMARTS) is 1. The van der Waals surface area contributed by atoms with Crippen LogP contribution in [-0.4, -0.2) is 32.4 Å². The van der Waals surface area contributed by atoms with Crippen molar-refractivity contribution < 1.29 is 14.6 Å². The van der Waals surface area contributed by atoms with Crippen LogP contribution in [0.15, 0.2) is 30.6 Å². The quantitative estimate of drug-likeness (QED) is 0.864. The predicted molar refractivity (Wildman–Crippen MR) is 63.8 cm³/mol. The maximum atomic E-state index is 10.3. The minimum Gasteiger partial charge on any atom is -0.493 e. The fourth-order valence-electron chi connectivity index (χ4n) is 1.49. The first-order valence-electron chi connectivity index (χ1n) is 5.48. The lowest BCUT2D eigenvalue weighted by molar-refractivity contribution is -0.137. The SMILES string of the molecule is Cc1ncnn1-c1ccc(OCCC(=O)O)cc1. The fraction of sp³-hybridized carbons (Fsp3) is 0.250. The van der Waals surface area contributed by atoms with Gasteiger partial charge in [-0.3, -0.25) is 4.79 Å². The van der Waals surface area contributed by atoms with Crippen molar-refractivity contribution in [2.75, 3.05) is 6.61 Å². The van der Waals surface area contributed by atoms with E-state index in [1.165, 1.54) is 6.33 Å². The Morgan fingerprint density at radius 2 is 2.11 bits per heavy atom. The topological polar surface area (TPSA) is 77.2 Å². The van der Waals surface area contributed by atoms with E-state index in [9.17, 15) is 4.79 Å². The molecule has 6 nitrogen and oxygen atoms in total. The van der Waals surface area contributed by atoms with E-state index >= 15 is 0 Å². The average Bonchev–Trinajstić information content (AvgIpc) is 2.76. The summed E-state index contributed by atoms with van der Waals surface area (Å²) >= 11 is 0. The maximum Gasteiger partial charge on any atom is 0.306 e. The normalized spacial score (nSPS) is 10.3. The molecule has 0 radical (unpaired) electrons. The Hall–Kier alpha value is -2.37. The van der Waals surface area contributed by atoms with E-state index in [2.05, 4.69) is 10.1 Å². The summed E-state index contributed by atoms with van der Waals surface area (Å²) in [6, 6.07) is 7.24. The van der Waals surface area contributed by atoms with Crippen molar-refractivity contribution in [1.82, 2.24) is 14.8 Å². The first kappa shape index (κ1) is 12.1. The van der Waals surface area contributed by atoms with Gasteiger partial charge in [0.15, 0.2) is 0 Å². The van der Waals surface area contributed by atoms with E-state index in [0.717, 1.165) is 11.5 Å². The van der Waals surface area contributed by atoms with E-state index < -0.39 is 5.97 Å². The summed E-state index contributed by atoms with van der Waals surface area (Å²) in [4.78, 5) is 14.4. The smallest absolute Gasteiger partial charge is 0.306 e. The Labute approximate surface area is 104 Å². The summed E-state index contributed by atoms with van der Waals surface area (Å²) in [5.41, 5.74) is 0.885. The molecule has 2 rings (SSSR count). The van der Waals surface area contributed by atoms with Gasteiger partial charge in [0, 0.05) is 0 Å². The van der Waals surface area contributed by atoms with Gasteiger partial charge in [0.1, 0.15) is 17.9 Å². The number of aryl methyl sites for hydroxylation is 1. The Bertz CT molecular complexity index is 534. The van der Waals surface area contributed by atoms with Crippen molar-refractivity contribution in [2.45, 2.75) is 13.3 Å². The molecule has 0 aliphatic heterocycles. The van der Waals surface area contributed by atoms with Crippen LogP contribution in [0.1, 0.15) is 12.2 Å². The zero-order chi connectivity index (χ0) is 13.0. The van der Waals surface area contributed by atoms with Crippen molar-refractivity contribution in [1.29, 1.82) is 0 Å². The van der Waals surface area contributed by atoms with Crippen LogP contribution in [0.3, 0.4) is 0 Å². The summed E-state index contributed by atoms with van der Waals surface area (Å²) in [7, 11) is 0. The molecule has 0 aliphatic rings. The van der Waals surface area contributed by atoms with E-state index in [1.807, 2.05) is 19.1 Å². The van der Waals surface area contributed by atoms with Crippen molar-refractivity contribution in [3.8, 4) is 11.4 Å². The number of aliphatic carboxylic acids is 1. The monoisotopic (exact) mass is 247 g/mol. The molecule has 0 unspecified atom stereocenters. The number of ether oxygens (including phenoxy) is 1. The molecule has 0 fully saturated rings. The minimum absolute atomic E-state index is 0.00998. The number of aromatic nitrogens is 3. The van der Waals surface area contributed by atoms with E-state index in [4.69, 9.17) is 9.84 Å². The molecule has 0 aliphatic carbocycles. The molecular weight excluding hydrogens is 234 g/mol. The molecule has 0 saturated carbocycles. The molecule has 0 saturated heterocycles. The van der Waals surface area contributed by atoms with Crippen LogP contribution in [0.25, 0.3) is 5.69 Å². The second-order valence-electron chi connectivity index (χ2n) is 3.71. The molecular formula is C12H13N3O3. The van der Waals surface area contributed by atoms with Gasteiger partial charge in [-0.1, -0.05) is 0 Å². The largest absolute Gasteiger partial charge is 0.493 e. The molecule has 0 amide bonds. The fourth-order valence-corrected chi connectivity index (χ4v) is 1.49. The highest BCUT2D eigenvalue weighted by molar-refractivity contribution is 5.66. The standard InChI is InChI=1S/C12H13N3O3/c1-9-13-8-14-15(9)10-2-4-11(5-3-10)18-7-6-12(16)17/h2-5,8H,6-7H2,1H3,(H,16,17). The molecule has 0 atom stereocenters. The lowest BCUT2D eigenvalue weighted by Crippen LogP contribution is -2.05. The van der Waals surface area contributed by atoms with Crippen molar-refractivity contribution in [2.24, 2.45) is 0 Å². The Morgan fingerprint density at radius 1 is 1.39 bits per heavy atom. The molecule has 6 heteroatoms. The van der Waals surface area contributed by atoms with Crippen LogP contribution in [0, 0.1) is 6.92 Å². The highest BCUT2D eigenvalue weighted by atomic mass is 16.5. The van der Waals surface area contributed by atoms with Gasteiger partial charge in [0.2, 0.25) is 0 Å². The van der Waals surface area contributed by atoms with Crippen molar-refractivity contribution in [3.05, 3.63) is 36.4 Å². The Morgan fingerprint density at radius 3 is 2.67 bits per heavy atom. The molecule has 0 bridgehead atoms. The number of carbonyl (C=O) groups is 1. The zero-order valence-electron chi connectivity index (χ0n) is 9.91. The number of benzene rings is 1. The lowest BCUT2D eigenvalue weighted by Gasteiger charge is -2.06. The van der Waals surface area contributed by atoms with Gasteiger partial charge in [-0.05, 0) is 31.2 Å². The molecule has 1 N–H and O–H groups in total. The van der Waals surface area contributed by atoms with Crippen LogP contribution in [0.4, 0.5) is 0 Å². The molecule has 94 valence electrons. The number of carboxylic acids is 1. The summed E-state index contributed by atoms with van der Waals surface area (Å²) in [6.07, 6.45) is 1.48. The number of rotatable bonds is 5. The highest BCUT2D eigenvalue weighted by Crippen LogP contribution is 2.15. The average molecular weight is 247 g/mol. The molecule has 18 heavy (non-hydrogen) atoms. The first-order valence-corrected chi connectivity index (χ1v) is 5.48. The van der Waals surface area contributed by atoms with Gasteiger partial charge in [-0.15, -0.1) is 0 Å². The van der Waals surface area contributed by atoms with E-state index in [1.54, 1.807) is 16.8 Å². The van der Waals surface area contributed by atoms with Crippen LogP contribution >= 0.6 is 0 Å². The van der Waals surface area contributed by atoms with Crippen LogP contribution < -0.4 is 4.74 Å². The van der Waals surface area contributed by atoms with Crippen LogP contribution in [0.5, 0.6) is 5.75 Å². The van der Waals surface area contributed by atoms with Gasteiger partial charge >= 0.3 is 5.97 Å². The van der Waals surface area contributed by atoms with Gasteiger partial charge in [0.25, 0.3) is 0 Å². The van der Waals surface area contributed by atoms with Crippen LogP contribution in [0.2, 0.25) is 0 Å². The summed E-state index contributed by atoms with van der Waals surface area (Å²) in [6.45, 7) is 2.03. The number of hydrogen-bond acceptors (Lipinski definition) is 4. The van der Waals surface area contributed by atoms with Gasteiger partial charge < -0.3 is 9.84 Å². The molecule has 0 spiro atoms. The highest BCUT2D eigenvalue weighted by Gasteiger charge is 2.03. The minimum atomic E-state index is -0.870. The van der Waals surface area contributed by atoms with Gasteiger partial charge in [-0.2, -0.15) is 5.10 Å². The molecule has 1 heterocycles. The van der Waals surface area contributed by atoms with Gasteiger partial charge in [-0.25, -0.2) is 9.67 Å². The molecule has 1 aromatic carbocycles. The lowest BCUT2D eigenvalue weighted by atomic mass is 10.3. The summed E-state index contributed by atoms with van der Waals surface area (Å²) in [5.74, 6) is 0.567. The third-order valence-electron chi connectivity index (χ3n) is 2.38. The Kier molecular flexibility index (Phi) is 3.57. The number of hydrogen-bond donors (Lipinski definition) is 1. The Balaban J connectivity index is 2.02. The third-order valence-corrected chi connectivity index (χ3v) is 2.38. The third kappa shape index (κ3) is 2.85. The van der Waals surface area contributed by atoms with E-state index in [0.29, 0.717) is 5.75 Å². The molecule has 1 aromatic heterocycles. The van der Waals surface area contributed by atoms with Crippen molar-refractivity contribution in [3.63, 3.8) is 0 Å². The van der Waals surface area contributed by atoms with Gasteiger partial charge in [0.05, 0.1) is 18.7 Å². The second-order valence-corrected chi connectivity index (χ2v) is 3.71. The van der Waals surface area contributed by atoms with E-state index in [-0.39, 0.29) is 13.0 Å². The van der Waals surface area contributed by atoms with Crippen molar-refractivity contribution >= 4 is 5.97 Å². The first-order chi connectivity index (χ1) is 8.66. The maximum absolute atomic E-state index is 10.3. The second kappa shape index (κ2) is 5.31.